The fourth-order valence-electron chi connectivity index (χ4n) is 1.56. The minimum atomic E-state index is -0.759. The maximum Gasteiger partial charge on any atom is 0.348 e. The summed E-state index contributed by atoms with van der Waals surface area (Å²) in [7, 11) is 0. The van der Waals surface area contributed by atoms with Gasteiger partial charge in [0.05, 0.1) is 9.85 Å². The summed E-state index contributed by atoms with van der Waals surface area (Å²) in [6, 6.07) is 14.3. The molecule has 0 unspecified atom stereocenters. The largest absolute Gasteiger partial charge is 0.348 e. The van der Waals surface area contributed by atoms with E-state index in [1.165, 1.54) is 24.6 Å². The zero-order valence-electron chi connectivity index (χ0n) is 11.1. The van der Waals surface area contributed by atoms with Gasteiger partial charge in [-0.25, -0.2) is 0 Å². The molecule has 6 nitrogen and oxygen atoms in total. The van der Waals surface area contributed by atoms with Crippen LogP contribution in [-0.2, 0) is 0 Å². The van der Waals surface area contributed by atoms with Crippen LogP contribution in [0.1, 0.15) is 11.1 Å². The lowest BCUT2D eigenvalue weighted by Crippen LogP contribution is -1.98. The third-order valence-corrected chi connectivity index (χ3v) is 2.54. The molecule has 0 saturated heterocycles. The average Bonchev–Trinajstić information content (AvgIpc) is 2.39. The van der Waals surface area contributed by atoms with E-state index in [1.807, 2.05) is 18.2 Å². The molecule has 0 fully saturated rings. The van der Waals surface area contributed by atoms with Gasteiger partial charge in [0, 0.05) is 11.6 Å². The Morgan fingerprint density at radius 3 is 1.75 bits per heavy atom. The fraction of sp³-hybridized carbons (Fsp3) is 0.143. The lowest BCUT2D eigenvalue weighted by Gasteiger charge is -1.96. The second kappa shape index (κ2) is 6.98. The van der Waals surface area contributed by atoms with Crippen LogP contribution in [0.3, 0.4) is 0 Å². The Hall–Kier alpha value is -2.76. The monoisotopic (exact) mass is 274 g/mol. The van der Waals surface area contributed by atoms with Gasteiger partial charge in [-0.15, -0.1) is 0 Å². The van der Waals surface area contributed by atoms with Crippen molar-refractivity contribution in [2.75, 3.05) is 0 Å². The molecule has 6 heteroatoms. The van der Waals surface area contributed by atoms with Crippen LogP contribution in [0.15, 0.2) is 48.5 Å². The predicted octanol–water partition coefficient (Wildman–Crippen LogP) is 3.81. The number of nitrogens with zero attached hydrogens (tertiary/aromatic N) is 2. The molecule has 0 aliphatic carbocycles. The van der Waals surface area contributed by atoms with Crippen molar-refractivity contribution in [2.24, 2.45) is 0 Å². The summed E-state index contributed by atoms with van der Waals surface area (Å²) in [4.78, 5) is 19.3. The number of nitro groups is 2. The molecule has 0 spiro atoms. The van der Waals surface area contributed by atoms with Gasteiger partial charge in [0.25, 0.3) is 0 Å². The molecule has 0 aromatic heterocycles. The molecule has 104 valence electrons. The summed E-state index contributed by atoms with van der Waals surface area (Å²) in [5.74, 6) is 0. The highest BCUT2D eigenvalue weighted by atomic mass is 16.6. The van der Waals surface area contributed by atoms with Crippen molar-refractivity contribution in [3.63, 3.8) is 0 Å². The van der Waals surface area contributed by atoms with Crippen molar-refractivity contribution in [1.82, 2.24) is 0 Å². The normalized spacial score (nSPS) is 9.30. The van der Waals surface area contributed by atoms with Crippen LogP contribution < -0.4 is 0 Å². The Morgan fingerprint density at radius 1 is 0.800 bits per heavy atom. The van der Waals surface area contributed by atoms with Crippen LogP contribution in [-0.4, -0.2) is 9.85 Å². The number of nitro benzene ring substituents is 2. The van der Waals surface area contributed by atoms with E-state index >= 15 is 0 Å². The average molecular weight is 274 g/mol. The smallest absolute Gasteiger partial charge is 0.258 e. The minimum Gasteiger partial charge on any atom is -0.258 e. The Kier molecular flexibility index (Phi) is 5.34. The highest BCUT2D eigenvalue weighted by Gasteiger charge is 2.25. The van der Waals surface area contributed by atoms with Gasteiger partial charge in [-0.2, -0.15) is 0 Å². The maximum atomic E-state index is 10.4. The third-order valence-electron chi connectivity index (χ3n) is 2.54. The molecule has 0 bridgehead atoms. The molecule has 0 aliphatic rings. The highest BCUT2D eigenvalue weighted by molar-refractivity contribution is 5.56. The number of benzene rings is 2. The van der Waals surface area contributed by atoms with Crippen molar-refractivity contribution in [2.45, 2.75) is 13.8 Å². The molecule has 2 aromatic rings. The zero-order valence-corrected chi connectivity index (χ0v) is 11.1. The van der Waals surface area contributed by atoms with Gasteiger partial charge in [-0.1, -0.05) is 48.0 Å². The molecule has 0 atom stereocenters. The van der Waals surface area contributed by atoms with Crippen LogP contribution in [0.5, 0.6) is 0 Å². The summed E-state index contributed by atoms with van der Waals surface area (Å²) >= 11 is 0. The summed E-state index contributed by atoms with van der Waals surface area (Å²) < 4.78 is 0. The van der Waals surface area contributed by atoms with Crippen molar-refractivity contribution < 1.29 is 9.85 Å². The Labute approximate surface area is 116 Å². The Morgan fingerprint density at radius 2 is 1.40 bits per heavy atom. The van der Waals surface area contributed by atoms with E-state index in [0.29, 0.717) is 5.56 Å². The van der Waals surface area contributed by atoms with Gasteiger partial charge in [-0.3, -0.25) is 20.2 Å². The first kappa shape index (κ1) is 15.3. The predicted molar refractivity (Wildman–Crippen MR) is 75.7 cm³/mol. The van der Waals surface area contributed by atoms with Gasteiger partial charge < -0.3 is 0 Å². The lowest BCUT2D eigenvalue weighted by molar-refractivity contribution is -0.422. The number of rotatable bonds is 2. The third kappa shape index (κ3) is 4.16. The van der Waals surface area contributed by atoms with Gasteiger partial charge in [0.15, 0.2) is 0 Å². The van der Waals surface area contributed by atoms with Crippen molar-refractivity contribution in [1.29, 1.82) is 0 Å². The number of hydrogen-bond acceptors (Lipinski definition) is 4. The van der Waals surface area contributed by atoms with Crippen molar-refractivity contribution in [3.05, 3.63) is 79.9 Å². The molecular formula is C14H14N2O4. The maximum absolute atomic E-state index is 10.4. The number of para-hydroxylation sites is 1. The molecule has 0 heterocycles. The second-order valence-electron chi connectivity index (χ2n) is 4.11. The quantitative estimate of drug-likeness (QED) is 0.615. The van der Waals surface area contributed by atoms with Gasteiger partial charge in [-0.05, 0) is 13.8 Å². The van der Waals surface area contributed by atoms with Crippen LogP contribution >= 0.6 is 0 Å². The SMILES string of the molecule is Cc1cccc([N+](=O)[O-])c1[N+](=O)[O-].Cc1ccccc1. The molecule has 0 aliphatic heterocycles. The topological polar surface area (TPSA) is 86.3 Å². The van der Waals surface area contributed by atoms with E-state index in [-0.39, 0.29) is 0 Å². The molecule has 0 radical (unpaired) electrons. The molecule has 0 N–H and O–H groups in total. The summed E-state index contributed by atoms with van der Waals surface area (Å²) in [6.07, 6.45) is 0. The van der Waals surface area contributed by atoms with Crippen LogP contribution in [0.4, 0.5) is 11.4 Å². The zero-order chi connectivity index (χ0) is 15.1. The van der Waals surface area contributed by atoms with Gasteiger partial charge in [0.2, 0.25) is 0 Å². The van der Waals surface area contributed by atoms with Crippen molar-refractivity contribution >= 4 is 11.4 Å². The second-order valence-corrected chi connectivity index (χ2v) is 4.11. The van der Waals surface area contributed by atoms with Crippen LogP contribution in [0.2, 0.25) is 0 Å². The van der Waals surface area contributed by atoms with E-state index < -0.39 is 21.2 Å². The molecular weight excluding hydrogens is 260 g/mol. The summed E-state index contributed by atoms with van der Waals surface area (Å²) in [5.41, 5.74) is 0.708. The molecule has 0 amide bonds. The van der Waals surface area contributed by atoms with E-state index in [9.17, 15) is 20.2 Å². The Balaban J connectivity index is 0.000000240. The Bertz CT molecular complexity index is 612. The molecule has 0 saturated carbocycles. The highest BCUT2D eigenvalue weighted by Crippen LogP contribution is 2.29. The van der Waals surface area contributed by atoms with E-state index in [1.54, 1.807) is 0 Å². The summed E-state index contributed by atoms with van der Waals surface area (Å²) in [5, 5.41) is 20.8. The molecule has 2 aromatic carbocycles. The standard InChI is InChI=1S/C7H6N2O4.C7H8/c1-5-3-2-4-6(8(10)11)7(5)9(12)13;1-7-5-3-2-4-6-7/h2-4H,1H3;2-6H,1H3. The van der Waals surface area contributed by atoms with E-state index in [2.05, 4.69) is 19.1 Å². The fourth-order valence-corrected chi connectivity index (χ4v) is 1.56. The van der Waals surface area contributed by atoms with Gasteiger partial charge in [0.1, 0.15) is 0 Å². The van der Waals surface area contributed by atoms with Crippen LogP contribution in [0, 0.1) is 34.1 Å². The van der Waals surface area contributed by atoms with E-state index in [0.717, 1.165) is 6.07 Å². The molecule has 2 rings (SSSR count). The summed E-state index contributed by atoms with van der Waals surface area (Å²) in [6.45, 7) is 3.55. The van der Waals surface area contributed by atoms with Crippen LogP contribution in [0.25, 0.3) is 0 Å². The van der Waals surface area contributed by atoms with E-state index in [4.69, 9.17) is 0 Å². The first-order valence-electron chi connectivity index (χ1n) is 5.83. The first-order chi connectivity index (χ1) is 9.43. The lowest BCUT2D eigenvalue weighted by atomic mass is 10.2. The van der Waals surface area contributed by atoms with Crippen molar-refractivity contribution in [3.8, 4) is 0 Å². The molecule has 20 heavy (non-hydrogen) atoms. The van der Waals surface area contributed by atoms with Gasteiger partial charge >= 0.3 is 11.4 Å². The number of hydrogen-bond donors (Lipinski definition) is 0. The minimum absolute atomic E-state index is 0.291. The first-order valence-corrected chi connectivity index (χ1v) is 5.83. The number of aryl methyl sites for hydroxylation is 2.